The van der Waals surface area contributed by atoms with Crippen LogP contribution in [0, 0.1) is 0 Å². The number of hydrogen-bond donors (Lipinski definition) is 3. The molecule has 0 saturated heterocycles. The maximum absolute atomic E-state index is 12.9. The van der Waals surface area contributed by atoms with E-state index in [0.29, 0.717) is 48.5 Å². The predicted octanol–water partition coefficient (Wildman–Crippen LogP) is 3.33. The van der Waals surface area contributed by atoms with E-state index < -0.39 is 27.9 Å². The topological polar surface area (TPSA) is 163 Å². The first kappa shape index (κ1) is 25.1. The maximum atomic E-state index is 12.9. The molecule has 2 aromatic heterocycles. The second kappa shape index (κ2) is 11.6. The first-order chi connectivity index (χ1) is 16.2. The monoisotopic (exact) mass is 490 g/mol. The number of carbonyl (C=O) groups is 2. The first-order valence-corrected chi connectivity index (χ1v) is 12.4. The van der Waals surface area contributed by atoms with Crippen LogP contribution in [0.15, 0.2) is 47.1 Å². The molecule has 0 aliphatic heterocycles. The van der Waals surface area contributed by atoms with Crippen molar-refractivity contribution in [3.63, 3.8) is 0 Å². The van der Waals surface area contributed by atoms with Crippen molar-refractivity contribution in [2.24, 2.45) is 0 Å². The molecule has 0 radical (unpaired) electrons. The molecule has 1 aromatic carbocycles. The van der Waals surface area contributed by atoms with E-state index in [1.165, 1.54) is 4.90 Å². The van der Waals surface area contributed by atoms with Gasteiger partial charge in [-0.15, -0.1) is 0 Å². The lowest BCUT2D eigenvalue weighted by Gasteiger charge is -2.23. The number of nitrogens with zero attached hydrogens (tertiary/aromatic N) is 3. The van der Waals surface area contributed by atoms with Crippen LogP contribution in [0.1, 0.15) is 32.1 Å². The lowest BCUT2D eigenvalue weighted by Crippen LogP contribution is -2.41. The molecule has 182 valence electrons. The Balaban J connectivity index is 1.73. The third-order valence-corrected chi connectivity index (χ3v) is 5.79. The number of aromatic nitrogens is 2. The fourth-order valence-electron chi connectivity index (χ4n) is 3.32. The molecule has 0 bridgehead atoms. The number of carboxylic acids is 1. The average molecular weight is 491 g/mol. The number of unbranched alkanes of at least 4 members (excludes halogenated alkanes) is 2. The van der Waals surface area contributed by atoms with Gasteiger partial charge in [0.1, 0.15) is 5.52 Å². The van der Waals surface area contributed by atoms with Crippen LogP contribution in [0.3, 0.4) is 0 Å². The number of carbonyl (C=O) groups excluding carboxylic acids is 1. The summed E-state index contributed by atoms with van der Waals surface area (Å²) in [6.07, 6.45) is 5.13. The van der Waals surface area contributed by atoms with Gasteiger partial charge in [-0.2, -0.15) is 8.42 Å². The first-order valence-electron chi connectivity index (χ1n) is 10.8. The Morgan fingerprint density at radius 1 is 1.06 bits per heavy atom. The zero-order chi connectivity index (χ0) is 24.6. The molecule has 0 fully saturated rings. The van der Waals surface area contributed by atoms with Crippen LogP contribution < -0.4 is 10.2 Å². The largest absolute Gasteiger partial charge is 0.481 e. The van der Waals surface area contributed by atoms with E-state index in [4.69, 9.17) is 14.1 Å². The van der Waals surface area contributed by atoms with Gasteiger partial charge in [0.15, 0.2) is 5.58 Å². The molecule has 3 rings (SSSR count). The molecule has 0 aliphatic carbocycles. The fraction of sp³-hybridized carbons (Fsp3) is 0.364. The van der Waals surface area contributed by atoms with E-state index in [2.05, 4.69) is 15.3 Å². The number of pyridine rings is 1. The molecule has 0 spiro atoms. The molecular formula is C22H26N4O7S. The molecule has 3 N–H and O–H groups in total. The van der Waals surface area contributed by atoms with E-state index in [0.717, 1.165) is 5.56 Å². The van der Waals surface area contributed by atoms with Crippen LogP contribution in [-0.4, -0.2) is 58.9 Å². The summed E-state index contributed by atoms with van der Waals surface area (Å²) in [6, 6.07) is 8.11. The number of urea groups is 1. The van der Waals surface area contributed by atoms with Gasteiger partial charge in [0.25, 0.3) is 10.1 Å². The summed E-state index contributed by atoms with van der Waals surface area (Å²) in [6.45, 7) is 0.380. The zero-order valence-electron chi connectivity index (χ0n) is 18.4. The van der Waals surface area contributed by atoms with Crippen LogP contribution in [-0.2, 0) is 14.9 Å². The number of amides is 2. The van der Waals surface area contributed by atoms with Gasteiger partial charge in [-0.1, -0.05) is 6.42 Å². The number of aliphatic carboxylic acids is 1. The Kier molecular flexibility index (Phi) is 8.55. The molecule has 2 amide bonds. The molecule has 0 unspecified atom stereocenters. The van der Waals surface area contributed by atoms with Gasteiger partial charge in [-0.25, -0.2) is 9.78 Å². The summed E-state index contributed by atoms with van der Waals surface area (Å²) in [7, 11) is -4.16. The molecule has 3 aromatic rings. The number of oxazole rings is 1. The lowest BCUT2D eigenvalue weighted by atomic mass is 10.2. The predicted molar refractivity (Wildman–Crippen MR) is 125 cm³/mol. The van der Waals surface area contributed by atoms with Crippen LogP contribution in [0.25, 0.3) is 22.6 Å². The Bertz CT molecular complexity index is 1230. The Morgan fingerprint density at radius 3 is 2.53 bits per heavy atom. The van der Waals surface area contributed by atoms with E-state index in [9.17, 15) is 18.0 Å². The summed E-state index contributed by atoms with van der Waals surface area (Å²) in [4.78, 5) is 33.2. The maximum Gasteiger partial charge on any atom is 0.321 e. The molecule has 11 nitrogen and oxygen atoms in total. The molecular weight excluding hydrogens is 464 g/mol. The van der Waals surface area contributed by atoms with E-state index >= 15 is 0 Å². The second-order valence-electron chi connectivity index (χ2n) is 7.63. The van der Waals surface area contributed by atoms with Crippen molar-refractivity contribution in [1.29, 1.82) is 0 Å². The summed E-state index contributed by atoms with van der Waals surface area (Å²) in [5.41, 5.74) is 2.26. The summed E-state index contributed by atoms with van der Waals surface area (Å²) < 4.78 is 37.1. The highest BCUT2D eigenvalue weighted by molar-refractivity contribution is 7.85. The standard InChI is InChI=1S/C22H26N4O7S/c27-20(28)5-2-1-3-10-24-22(29)26(13-4-14-34(30,31)32)17-6-7-18-19(15-17)33-21(25-18)16-8-11-23-12-9-16/h6-9,11-12,15H,1-5,10,13-14H2,(H,24,29)(H,27,28)(H,30,31,32). The van der Waals surface area contributed by atoms with Crippen LogP contribution in [0.4, 0.5) is 10.5 Å². The number of nitrogens with one attached hydrogen (secondary N) is 1. The molecule has 0 saturated carbocycles. The van der Waals surface area contributed by atoms with Gasteiger partial charge >= 0.3 is 12.0 Å². The minimum absolute atomic E-state index is 0.0293. The van der Waals surface area contributed by atoms with E-state index in [1.807, 2.05) is 0 Å². The van der Waals surface area contributed by atoms with Crippen LogP contribution in [0.5, 0.6) is 0 Å². The summed E-state index contributed by atoms with van der Waals surface area (Å²) in [5, 5.41) is 11.5. The van der Waals surface area contributed by atoms with Crippen molar-refractivity contribution in [3.8, 4) is 11.5 Å². The van der Waals surface area contributed by atoms with Gasteiger partial charge in [0.05, 0.1) is 5.75 Å². The second-order valence-corrected chi connectivity index (χ2v) is 9.21. The van der Waals surface area contributed by atoms with Crippen molar-refractivity contribution < 1.29 is 32.1 Å². The third-order valence-electron chi connectivity index (χ3n) is 4.98. The van der Waals surface area contributed by atoms with Gasteiger partial charge in [-0.3, -0.25) is 19.2 Å². The highest BCUT2D eigenvalue weighted by Gasteiger charge is 2.18. The number of anilines is 1. The fourth-order valence-corrected chi connectivity index (χ4v) is 3.81. The number of benzene rings is 1. The Morgan fingerprint density at radius 2 is 1.82 bits per heavy atom. The zero-order valence-corrected chi connectivity index (χ0v) is 19.2. The normalized spacial score (nSPS) is 11.4. The van der Waals surface area contributed by atoms with Crippen molar-refractivity contribution in [1.82, 2.24) is 15.3 Å². The van der Waals surface area contributed by atoms with Crippen molar-refractivity contribution in [3.05, 3.63) is 42.7 Å². The smallest absolute Gasteiger partial charge is 0.321 e. The van der Waals surface area contributed by atoms with Gasteiger partial charge in [-0.05, 0) is 43.5 Å². The number of carboxylic acid groups (broad SMARTS) is 1. The summed E-state index contributed by atoms with van der Waals surface area (Å²) in [5.74, 6) is -0.940. The molecule has 0 atom stereocenters. The highest BCUT2D eigenvalue weighted by Crippen LogP contribution is 2.27. The quantitative estimate of drug-likeness (QED) is 0.255. The SMILES string of the molecule is O=C(O)CCCCCNC(=O)N(CCCS(=O)(=O)O)c1ccc2nc(-c3ccncc3)oc2c1. The number of rotatable bonds is 12. The van der Waals surface area contributed by atoms with Crippen molar-refractivity contribution in [2.45, 2.75) is 32.1 Å². The van der Waals surface area contributed by atoms with Crippen molar-refractivity contribution >= 4 is 38.9 Å². The Labute approximate surface area is 196 Å². The van der Waals surface area contributed by atoms with Gasteiger partial charge < -0.3 is 14.8 Å². The highest BCUT2D eigenvalue weighted by atomic mass is 32.2. The summed E-state index contributed by atoms with van der Waals surface area (Å²) >= 11 is 0. The Hall–Kier alpha value is -3.51. The van der Waals surface area contributed by atoms with Crippen LogP contribution in [0.2, 0.25) is 0 Å². The van der Waals surface area contributed by atoms with Gasteiger partial charge in [0, 0.05) is 49.2 Å². The molecule has 12 heteroatoms. The number of hydrogen-bond acceptors (Lipinski definition) is 7. The third kappa shape index (κ3) is 7.52. The van der Waals surface area contributed by atoms with E-state index in [-0.39, 0.29) is 19.4 Å². The average Bonchev–Trinajstić information content (AvgIpc) is 3.22. The van der Waals surface area contributed by atoms with Gasteiger partial charge in [0.2, 0.25) is 5.89 Å². The minimum Gasteiger partial charge on any atom is -0.481 e. The van der Waals surface area contributed by atoms with E-state index in [1.54, 1.807) is 42.7 Å². The van der Waals surface area contributed by atoms with Crippen molar-refractivity contribution in [2.75, 3.05) is 23.7 Å². The molecule has 34 heavy (non-hydrogen) atoms. The number of fused-ring (bicyclic) bond motifs is 1. The van der Waals surface area contributed by atoms with Crippen LogP contribution >= 0.6 is 0 Å². The molecule has 2 heterocycles. The minimum atomic E-state index is -4.16. The molecule has 0 aliphatic rings. The lowest BCUT2D eigenvalue weighted by molar-refractivity contribution is -0.137.